The van der Waals surface area contributed by atoms with Crippen LogP contribution in [0, 0.1) is 13.8 Å². The summed E-state index contributed by atoms with van der Waals surface area (Å²) in [6, 6.07) is 9.72. The van der Waals surface area contributed by atoms with Crippen LogP contribution in [0.1, 0.15) is 21.5 Å². The molecule has 2 nitrogen and oxygen atoms in total. The van der Waals surface area contributed by atoms with Gasteiger partial charge in [-0.3, -0.25) is 9.78 Å². The van der Waals surface area contributed by atoms with Crippen molar-refractivity contribution in [1.29, 1.82) is 0 Å². The fourth-order valence-electron chi connectivity index (χ4n) is 1.81. The Morgan fingerprint density at radius 2 is 1.81 bits per heavy atom. The Hall–Kier alpha value is -1.96. The van der Waals surface area contributed by atoms with E-state index in [1.54, 1.807) is 6.20 Å². The molecule has 16 heavy (non-hydrogen) atoms. The topological polar surface area (TPSA) is 30.0 Å². The molecule has 2 rings (SSSR count). The van der Waals surface area contributed by atoms with Gasteiger partial charge in [-0.05, 0) is 31.0 Å². The van der Waals surface area contributed by atoms with Gasteiger partial charge in [0.25, 0.3) is 0 Å². The van der Waals surface area contributed by atoms with Crippen molar-refractivity contribution in [2.45, 2.75) is 13.8 Å². The molecule has 0 aliphatic heterocycles. The molecule has 0 aliphatic carbocycles. The van der Waals surface area contributed by atoms with Crippen molar-refractivity contribution >= 4 is 6.29 Å². The van der Waals surface area contributed by atoms with Crippen LogP contribution in [0.15, 0.2) is 36.5 Å². The molecule has 0 fully saturated rings. The molecule has 0 saturated carbocycles. The Balaban J connectivity index is 2.69. The predicted octanol–water partition coefficient (Wildman–Crippen LogP) is 3.18. The Kier molecular flexibility index (Phi) is 2.82. The van der Waals surface area contributed by atoms with E-state index >= 15 is 0 Å². The van der Waals surface area contributed by atoms with Crippen LogP contribution in [-0.2, 0) is 0 Å². The van der Waals surface area contributed by atoms with Crippen LogP contribution in [0.4, 0.5) is 0 Å². The minimum absolute atomic E-state index is 0.726. The number of carbonyl (C=O) groups excluding carboxylic acids is 1. The lowest BCUT2D eigenvalue weighted by molar-refractivity contribution is 0.112. The number of aldehydes is 1. The fourth-order valence-corrected chi connectivity index (χ4v) is 1.81. The summed E-state index contributed by atoms with van der Waals surface area (Å²) in [5.41, 5.74) is 4.58. The maximum Gasteiger partial charge on any atom is 0.150 e. The van der Waals surface area contributed by atoms with Crippen molar-refractivity contribution in [2.75, 3.05) is 0 Å². The van der Waals surface area contributed by atoms with E-state index in [9.17, 15) is 4.79 Å². The lowest BCUT2D eigenvalue weighted by atomic mass is 9.98. The van der Waals surface area contributed by atoms with Crippen LogP contribution in [-0.4, -0.2) is 11.3 Å². The normalized spacial score (nSPS) is 10.1. The third kappa shape index (κ3) is 1.74. The van der Waals surface area contributed by atoms with Gasteiger partial charge in [0.15, 0.2) is 6.29 Å². The smallest absolute Gasteiger partial charge is 0.150 e. The maximum absolute atomic E-state index is 11.1. The van der Waals surface area contributed by atoms with E-state index in [4.69, 9.17) is 0 Å². The second-order valence-electron chi connectivity index (χ2n) is 3.82. The van der Waals surface area contributed by atoms with Crippen LogP contribution in [0.3, 0.4) is 0 Å². The second-order valence-corrected chi connectivity index (χ2v) is 3.82. The molecule has 2 aromatic rings. The summed E-state index contributed by atoms with van der Waals surface area (Å²) in [7, 11) is 0. The van der Waals surface area contributed by atoms with E-state index in [0.717, 1.165) is 34.2 Å². The van der Waals surface area contributed by atoms with E-state index in [0.29, 0.717) is 0 Å². The third-order valence-corrected chi connectivity index (χ3v) is 2.71. The van der Waals surface area contributed by atoms with Gasteiger partial charge in [-0.1, -0.05) is 24.3 Å². The van der Waals surface area contributed by atoms with E-state index < -0.39 is 0 Å². The summed E-state index contributed by atoms with van der Waals surface area (Å²) in [6.45, 7) is 3.94. The molecule has 0 atom stereocenters. The average Bonchev–Trinajstić information content (AvgIpc) is 2.29. The fraction of sp³-hybridized carbons (Fsp3) is 0.143. The number of nitrogens with zero attached hydrogens (tertiary/aromatic N) is 1. The van der Waals surface area contributed by atoms with Crippen LogP contribution in [0.25, 0.3) is 11.3 Å². The maximum atomic E-state index is 11.1. The first-order valence-corrected chi connectivity index (χ1v) is 5.21. The first-order valence-electron chi connectivity index (χ1n) is 5.21. The number of aryl methyl sites for hydroxylation is 2. The Labute approximate surface area is 95.0 Å². The molecule has 0 aliphatic rings. The van der Waals surface area contributed by atoms with E-state index in [1.165, 1.54) is 0 Å². The van der Waals surface area contributed by atoms with Gasteiger partial charge in [0.2, 0.25) is 0 Å². The molecule has 1 aromatic heterocycles. The molecule has 0 spiro atoms. The molecule has 2 heteroatoms. The minimum atomic E-state index is 0.726. The molecule has 1 heterocycles. The summed E-state index contributed by atoms with van der Waals surface area (Å²) in [4.78, 5) is 15.4. The van der Waals surface area contributed by atoms with Gasteiger partial charge in [0.05, 0.1) is 5.69 Å². The molecular formula is C14H13NO. The lowest BCUT2D eigenvalue weighted by Gasteiger charge is -2.08. The third-order valence-electron chi connectivity index (χ3n) is 2.71. The number of hydrogen-bond acceptors (Lipinski definition) is 2. The summed E-state index contributed by atoms with van der Waals surface area (Å²) in [6.07, 6.45) is 2.65. The molecular weight excluding hydrogens is 198 g/mol. The van der Waals surface area contributed by atoms with E-state index in [1.807, 2.05) is 44.2 Å². The molecule has 0 saturated heterocycles. The quantitative estimate of drug-likeness (QED) is 0.714. The second kappa shape index (κ2) is 4.27. The Bertz CT molecular complexity index is 532. The molecule has 0 amide bonds. The standard InChI is InChI=1S/C14H13NO/c1-10-5-3-7-12(13(10)9-16)14-11(2)6-4-8-15-14/h3-9H,1-2H3. The Morgan fingerprint density at radius 1 is 1.06 bits per heavy atom. The molecule has 1 aromatic carbocycles. The number of carbonyl (C=O) groups is 1. The minimum Gasteiger partial charge on any atom is -0.298 e. The molecule has 0 unspecified atom stereocenters. The highest BCUT2D eigenvalue weighted by atomic mass is 16.1. The van der Waals surface area contributed by atoms with Gasteiger partial charge in [0, 0.05) is 17.3 Å². The van der Waals surface area contributed by atoms with Crippen LogP contribution in [0.2, 0.25) is 0 Å². The van der Waals surface area contributed by atoms with Gasteiger partial charge in [-0.15, -0.1) is 0 Å². The van der Waals surface area contributed by atoms with E-state index in [-0.39, 0.29) is 0 Å². The van der Waals surface area contributed by atoms with E-state index in [2.05, 4.69) is 4.98 Å². The number of rotatable bonds is 2. The van der Waals surface area contributed by atoms with Crippen molar-refractivity contribution in [3.05, 3.63) is 53.2 Å². The lowest BCUT2D eigenvalue weighted by Crippen LogP contribution is -1.95. The number of hydrogen-bond donors (Lipinski definition) is 0. The monoisotopic (exact) mass is 211 g/mol. The SMILES string of the molecule is Cc1cccnc1-c1cccc(C)c1C=O. The van der Waals surface area contributed by atoms with Crippen molar-refractivity contribution in [3.8, 4) is 11.3 Å². The summed E-state index contributed by atoms with van der Waals surface area (Å²) in [5.74, 6) is 0. The number of benzene rings is 1. The molecule has 0 N–H and O–H groups in total. The summed E-state index contributed by atoms with van der Waals surface area (Å²) >= 11 is 0. The van der Waals surface area contributed by atoms with Gasteiger partial charge >= 0.3 is 0 Å². The Morgan fingerprint density at radius 3 is 2.50 bits per heavy atom. The zero-order valence-corrected chi connectivity index (χ0v) is 9.40. The van der Waals surface area contributed by atoms with Crippen LogP contribution >= 0.6 is 0 Å². The largest absolute Gasteiger partial charge is 0.298 e. The molecule has 0 bridgehead atoms. The highest BCUT2D eigenvalue weighted by molar-refractivity contribution is 5.89. The predicted molar refractivity (Wildman–Crippen MR) is 64.5 cm³/mol. The highest BCUT2D eigenvalue weighted by Crippen LogP contribution is 2.25. The van der Waals surface area contributed by atoms with Crippen molar-refractivity contribution < 1.29 is 4.79 Å². The van der Waals surface area contributed by atoms with Crippen molar-refractivity contribution in [1.82, 2.24) is 4.98 Å². The average molecular weight is 211 g/mol. The van der Waals surface area contributed by atoms with Gasteiger partial charge < -0.3 is 0 Å². The number of aromatic nitrogens is 1. The number of pyridine rings is 1. The van der Waals surface area contributed by atoms with Crippen LogP contribution in [0.5, 0.6) is 0 Å². The zero-order valence-electron chi connectivity index (χ0n) is 9.40. The first kappa shape index (κ1) is 10.6. The van der Waals surface area contributed by atoms with Crippen molar-refractivity contribution in [3.63, 3.8) is 0 Å². The molecule has 80 valence electrons. The zero-order chi connectivity index (χ0) is 11.5. The summed E-state index contributed by atoms with van der Waals surface area (Å²) < 4.78 is 0. The first-order chi connectivity index (χ1) is 7.74. The van der Waals surface area contributed by atoms with Gasteiger partial charge in [-0.2, -0.15) is 0 Å². The highest BCUT2D eigenvalue weighted by Gasteiger charge is 2.09. The van der Waals surface area contributed by atoms with Gasteiger partial charge in [-0.25, -0.2) is 0 Å². The van der Waals surface area contributed by atoms with Gasteiger partial charge in [0.1, 0.15) is 0 Å². The molecule has 0 radical (unpaired) electrons. The van der Waals surface area contributed by atoms with Crippen molar-refractivity contribution in [2.24, 2.45) is 0 Å². The summed E-state index contributed by atoms with van der Waals surface area (Å²) in [5, 5.41) is 0. The van der Waals surface area contributed by atoms with Crippen LogP contribution < -0.4 is 0 Å².